The van der Waals surface area contributed by atoms with Crippen LogP contribution in [0.3, 0.4) is 0 Å². The molecule has 0 heterocycles. The van der Waals surface area contributed by atoms with Gasteiger partial charge in [-0.3, -0.25) is 4.79 Å². The second-order valence-corrected chi connectivity index (χ2v) is 8.50. The van der Waals surface area contributed by atoms with Gasteiger partial charge in [0.15, 0.2) is 9.84 Å². The van der Waals surface area contributed by atoms with Crippen LogP contribution in [0.15, 0.2) is 0 Å². The Morgan fingerprint density at radius 2 is 1.94 bits per heavy atom. The fourth-order valence-corrected chi connectivity index (χ4v) is 3.80. The van der Waals surface area contributed by atoms with Gasteiger partial charge in [-0.1, -0.05) is 6.92 Å². The highest BCUT2D eigenvalue weighted by Gasteiger charge is 2.34. The summed E-state index contributed by atoms with van der Waals surface area (Å²) < 4.78 is 23.6. The van der Waals surface area contributed by atoms with Crippen LogP contribution in [0.1, 0.15) is 46.5 Å². The molecule has 0 aliphatic heterocycles. The van der Waals surface area contributed by atoms with E-state index in [0.717, 1.165) is 12.8 Å². The van der Waals surface area contributed by atoms with Crippen LogP contribution in [-0.2, 0) is 14.6 Å². The van der Waals surface area contributed by atoms with Crippen LogP contribution in [0.2, 0.25) is 0 Å². The maximum absolute atomic E-state index is 11.8. The number of aliphatic carboxylic acids is 1. The second kappa shape index (κ2) is 6.04. The Morgan fingerprint density at radius 1 is 1.33 bits per heavy atom. The number of carboxylic acid groups (broad SMARTS) is 1. The highest BCUT2D eigenvalue weighted by molar-refractivity contribution is 7.91. The van der Waals surface area contributed by atoms with Crippen molar-refractivity contribution in [2.45, 2.75) is 51.7 Å². The van der Waals surface area contributed by atoms with Crippen LogP contribution in [0, 0.1) is 17.8 Å². The van der Waals surface area contributed by atoms with Crippen molar-refractivity contribution in [2.24, 2.45) is 17.8 Å². The van der Waals surface area contributed by atoms with Crippen LogP contribution in [-0.4, -0.2) is 30.5 Å². The van der Waals surface area contributed by atoms with E-state index in [9.17, 15) is 18.3 Å². The monoisotopic (exact) mass is 276 g/mol. The van der Waals surface area contributed by atoms with Crippen molar-refractivity contribution in [3.63, 3.8) is 0 Å². The van der Waals surface area contributed by atoms with Gasteiger partial charge in [0, 0.05) is 0 Å². The molecule has 0 radical (unpaired) electrons. The minimum Gasteiger partial charge on any atom is -0.481 e. The summed E-state index contributed by atoms with van der Waals surface area (Å²) in [5.74, 6) is -0.490. The molecule has 0 saturated heterocycles. The molecule has 106 valence electrons. The SMILES string of the molecule is CC1CCC(C(=O)O)C(CCS(=O)(=O)C(C)C)C1. The predicted molar refractivity (Wildman–Crippen MR) is 71.2 cm³/mol. The molecular formula is C13H24O4S. The summed E-state index contributed by atoms with van der Waals surface area (Å²) in [6.45, 7) is 5.46. The van der Waals surface area contributed by atoms with E-state index < -0.39 is 15.8 Å². The summed E-state index contributed by atoms with van der Waals surface area (Å²) in [5, 5.41) is 8.81. The first-order valence-corrected chi connectivity index (χ1v) is 8.40. The first-order valence-electron chi connectivity index (χ1n) is 6.68. The molecular weight excluding hydrogens is 252 g/mol. The molecule has 0 aromatic rings. The lowest BCUT2D eigenvalue weighted by atomic mass is 9.73. The highest BCUT2D eigenvalue weighted by Crippen LogP contribution is 2.36. The normalized spacial score (nSPS) is 29.4. The number of hydrogen-bond donors (Lipinski definition) is 1. The Labute approximate surface area is 110 Å². The molecule has 4 nitrogen and oxygen atoms in total. The predicted octanol–water partition coefficient (Wildman–Crippen LogP) is 2.34. The minimum atomic E-state index is -3.06. The quantitative estimate of drug-likeness (QED) is 0.836. The summed E-state index contributed by atoms with van der Waals surface area (Å²) in [6.07, 6.45) is 2.94. The maximum atomic E-state index is 11.8. The summed E-state index contributed by atoms with van der Waals surface area (Å²) in [5.41, 5.74) is 0. The zero-order valence-corrected chi connectivity index (χ0v) is 12.2. The topological polar surface area (TPSA) is 71.4 Å². The lowest BCUT2D eigenvalue weighted by molar-refractivity contribution is -0.145. The third-order valence-corrected chi connectivity index (χ3v) is 6.29. The third-order valence-electron chi connectivity index (χ3n) is 4.05. The molecule has 0 aromatic heterocycles. The lowest BCUT2D eigenvalue weighted by Crippen LogP contribution is -2.32. The molecule has 1 N–H and O–H groups in total. The Balaban J connectivity index is 2.65. The summed E-state index contributed by atoms with van der Waals surface area (Å²) >= 11 is 0. The third kappa shape index (κ3) is 3.97. The van der Waals surface area contributed by atoms with Gasteiger partial charge in [0.2, 0.25) is 0 Å². The van der Waals surface area contributed by atoms with Gasteiger partial charge < -0.3 is 5.11 Å². The van der Waals surface area contributed by atoms with Crippen molar-refractivity contribution in [2.75, 3.05) is 5.75 Å². The number of rotatable bonds is 5. The van der Waals surface area contributed by atoms with E-state index in [1.807, 2.05) is 0 Å². The molecule has 3 unspecified atom stereocenters. The van der Waals surface area contributed by atoms with Crippen molar-refractivity contribution in [3.05, 3.63) is 0 Å². The average molecular weight is 276 g/mol. The molecule has 5 heteroatoms. The van der Waals surface area contributed by atoms with Crippen LogP contribution in [0.25, 0.3) is 0 Å². The highest BCUT2D eigenvalue weighted by atomic mass is 32.2. The Bertz CT molecular complexity index is 386. The fourth-order valence-electron chi connectivity index (χ4n) is 2.69. The maximum Gasteiger partial charge on any atom is 0.306 e. The van der Waals surface area contributed by atoms with Crippen LogP contribution in [0.4, 0.5) is 0 Å². The number of sulfone groups is 1. The number of carboxylic acids is 1. The van der Waals surface area contributed by atoms with E-state index in [4.69, 9.17) is 0 Å². The van der Waals surface area contributed by atoms with E-state index in [-0.39, 0.29) is 22.8 Å². The summed E-state index contributed by atoms with van der Waals surface area (Å²) in [7, 11) is -3.06. The van der Waals surface area contributed by atoms with Gasteiger partial charge in [-0.2, -0.15) is 0 Å². The number of hydrogen-bond acceptors (Lipinski definition) is 3. The van der Waals surface area contributed by atoms with Crippen LogP contribution >= 0.6 is 0 Å². The fraction of sp³-hybridized carbons (Fsp3) is 0.923. The van der Waals surface area contributed by atoms with Crippen LogP contribution < -0.4 is 0 Å². The molecule has 1 saturated carbocycles. The Kier molecular flexibility index (Phi) is 5.20. The standard InChI is InChI=1S/C13H24O4S/c1-9(2)18(16,17)7-6-11-8-10(3)4-5-12(11)13(14)15/h9-12H,4-8H2,1-3H3,(H,14,15). The molecule has 0 spiro atoms. The molecule has 0 bridgehead atoms. The van der Waals surface area contributed by atoms with E-state index in [1.54, 1.807) is 13.8 Å². The van der Waals surface area contributed by atoms with Gasteiger partial charge >= 0.3 is 5.97 Å². The second-order valence-electron chi connectivity index (χ2n) is 5.83. The summed E-state index contributed by atoms with van der Waals surface area (Å²) in [6, 6.07) is 0. The first kappa shape index (κ1) is 15.5. The number of carbonyl (C=O) groups is 1. The zero-order chi connectivity index (χ0) is 13.9. The molecule has 18 heavy (non-hydrogen) atoms. The molecule has 1 aliphatic rings. The van der Waals surface area contributed by atoms with E-state index in [1.165, 1.54) is 0 Å². The molecule has 1 aliphatic carbocycles. The van der Waals surface area contributed by atoms with Crippen molar-refractivity contribution >= 4 is 15.8 Å². The van der Waals surface area contributed by atoms with Gasteiger partial charge in [-0.05, 0) is 51.4 Å². The average Bonchev–Trinajstić information content (AvgIpc) is 2.26. The lowest BCUT2D eigenvalue weighted by Gasteiger charge is -2.32. The van der Waals surface area contributed by atoms with Crippen molar-refractivity contribution in [3.8, 4) is 0 Å². The Hall–Kier alpha value is -0.580. The zero-order valence-electron chi connectivity index (χ0n) is 11.4. The molecule has 0 amide bonds. The molecule has 1 fully saturated rings. The van der Waals surface area contributed by atoms with Gasteiger partial charge in [-0.25, -0.2) is 8.42 Å². The molecule has 1 rings (SSSR count). The largest absolute Gasteiger partial charge is 0.481 e. The first-order chi connectivity index (χ1) is 8.24. The Morgan fingerprint density at radius 3 is 2.44 bits per heavy atom. The van der Waals surface area contributed by atoms with E-state index in [0.29, 0.717) is 18.8 Å². The van der Waals surface area contributed by atoms with Gasteiger partial charge in [0.05, 0.1) is 16.9 Å². The van der Waals surface area contributed by atoms with Gasteiger partial charge in [0.1, 0.15) is 0 Å². The van der Waals surface area contributed by atoms with E-state index in [2.05, 4.69) is 6.92 Å². The van der Waals surface area contributed by atoms with Crippen molar-refractivity contribution in [1.29, 1.82) is 0 Å². The van der Waals surface area contributed by atoms with Crippen molar-refractivity contribution < 1.29 is 18.3 Å². The van der Waals surface area contributed by atoms with E-state index >= 15 is 0 Å². The molecule has 0 aromatic carbocycles. The van der Waals surface area contributed by atoms with Gasteiger partial charge in [-0.15, -0.1) is 0 Å². The van der Waals surface area contributed by atoms with Crippen molar-refractivity contribution in [1.82, 2.24) is 0 Å². The molecule has 3 atom stereocenters. The van der Waals surface area contributed by atoms with Crippen LogP contribution in [0.5, 0.6) is 0 Å². The minimum absolute atomic E-state index is 0.0137. The summed E-state index contributed by atoms with van der Waals surface area (Å²) in [4.78, 5) is 11.2. The van der Waals surface area contributed by atoms with Gasteiger partial charge in [0.25, 0.3) is 0 Å². The smallest absolute Gasteiger partial charge is 0.306 e.